The zero-order chi connectivity index (χ0) is 14.6. The Bertz CT molecular complexity index is 328. The summed E-state index contributed by atoms with van der Waals surface area (Å²) in [6.45, 7) is 6.50. The molecule has 0 aromatic carbocycles. The molecule has 1 aliphatic carbocycles. The maximum absolute atomic E-state index is 11.7. The third-order valence-corrected chi connectivity index (χ3v) is 4.67. The largest absolute Gasteiger partial charge is 0.386 e. The molecule has 1 heterocycles. The van der Waals surface area contributed by atoms with Gasteiger partial charge in [0.1, 0.15) is 5.60 Å². The van der Waals surface area contributed by atoms with Crippen LogP contribution < -0.4 is 10.6 Å². The van der Waals surface area contributed by atoms with Crippen LogP contribution in [0.4, 0.5) is 4.79 Å². The van der Waals surface area contributed by atoms with Gasteiger partial charge in [0.05, 0.1) is 13.2 Å². The highest BCUT2D eigenvalue weighted by atomic mass is 16.5. The monoisotopic (exact) mass is 284 g/mol. The van der Waals surface area contributed by atoms with Crippen LogP contribution in [0.5, 0.6) is 0 Å². The molecule has 5 nitrogen and oxygen atoms in total. The molecule has 0 radical (unpaired) electrons. The molecule has 0 spiro atoms. The second kappa shape index (κ2) is 6.31. The molecule has 0 unspecified atom stereocenters. The predicted octanol–water partition coefficient (Wildman–Crippen LogP) is 1.65. The van der Waals surface area contributed by atoms with Crippen LogP contribution in [0.1, 0.15) is 46.0 Å². The Labute approximate surface area is 121 Å². The first-order valence-electron chi connectivity index (χ1n) is 7.70. The van der Waals surface area contributed by atoms with Gasteiger partial charge in [-0.2, -0.15) is 0 Å². The minimum absolute atomic E-state index is 0.185. The first kappa shape index (κ1) is 15.6. The van der Waals surface area contributed by atoms with E-state index in [1.165, 1.54) is 25.7 Å². The highest BCUT2D eigenvalue weighted by molar-refractivity contribution is 5.73. The molecule has 1 aliphatic heterocycles. The number of rotatable bonds is 4. The van der Waals surface area contributed by atoms with E-state index in [9.17, 15) is 9.90 Å². The molecule has 2 aliphatic rings. The van der Waals surface area contributed by atoms with Gasteiger partial charge in [-0.3, -0.25) is 0 Å². The van der Waals surface area contributed by atoms with Gasteiger partial charge < -0.3 is 20.5 Å². The minimum Gasteiger partial charge on any atom is -0.386 e. The number of hydrogen-bond acceptors (Lipinski definition) is 3. The maximum atomic E-state index is 11.7. The van der Waals surface area contributed by atoms with Crippen molar-refractivity contribution in [3.8, 4) is 0 Å². The standard InChI is InChI=1S/C15H28N2O3/c1-14(2)5-3-12(4-6-14)9-16-13(18)17-10-15(19)7-8-20-11-15/h12,19H,3-11H2,1-2H3,(H2,16,17,18)/t15-/m0/s1. The van der Waals surface area contributed by atoms with E-state index in [0.717, 1.165) is 6.54 Å². The summed E-state index contributed by atoms with van der Waals surface area (Å²) in [5.41, 5.74) is -0.420. The molecule has 20 heavy (non-hydrogen) atoms. The Kier molecular flexibility index (Phi) is 4.91. The van der Waals surface area contributed by atoms with Crippen LogP contribution in [0.15, 0.2) is 0 Å². The molecule has 1 atom stereocenters. The molecule has 0 bridgehead atoms. The van der Waals surface area contributed by atoms with Gasteiger partial charge in [0.25, 0.3) is 0 Å². The minimum atomic E-state index is -0.883. The first-order valence-corrected chi connectivity index (χ1v) is 7.70. The van der Waals surface area contributed by atoms with E-state index in [4.69, 9.17) is 4.74 Å². The average molecular weight is 284 g/mol. The van der Waals surface area contributed by atoms with Gasteiger partial charge in [-0.25, -0.2) is 4.79 Å². The summed E-state index contributed by atoms with van der Waals surface area (Å²) in [7, 11) is 0. The van der Waals surface area contributed by atoms with Crippen molar-refractivity contribution in [2.24, 2.45) is 11.3 Å². The topological polar surface area (TPSA) is 70.6 Å². The summed E-state index contributed by atoms with van der Waals surface area (Å²) in [5, 5.41) is 15.7. The zero-order valence-corrected chi connectivity index (χ0v) is 12.7. The van der Waals surface area contributed by atoms with Crippen LogP contribution in [0.2, 0.25) is 0 Å². The summed E-state index contributed by atoms with van der Waals surface area (Å²) in [4.78, 5) is 11.7. The lowest BCUT2D eigenvalue weighted by Crippen LogP contribution is -2.47. The number of ether oxygens (including phenoxy) is 1. The van der Waals surface area contributed by atoms with Gasteiger partial charge in [-0.15, -0.1) is 0 Å². The highest BCUT2D eigenvalue weighted by Gasteiger charge is 2.32. The van der Waals surface area contributed by atoms with E-state index in [-0.39, 0.29) is 12.6 Å². The third-order valence-electron chi connectivity index (χ3n) is 4.67. The van der Waals surface area contributed by atoms with Gasteiger partial charge in [0.15, 0.2) is 0 Å². The van der Waals surface area contributed by atoms with Crippen LogP contribution in [0.3, 0.4) is 0 Å². The molecule has 1 saturated carbocycles. The van der Waals surface area contributed by atoms with E-state index < -0.39 is 5.60 Å². The van der Waals surface area contributed by atoms with E-state index in [1.807, 2.05) is 0 Å². The molecular weight excluding hydrogens is 256 g/mol. The molecule has 0 aromatic heterocycles. The second-order valence-electron chi connectivity index (χ2n) is 7.20. The normalized spacial score (nSPS) is 30.1. The fourth-order valence-electron chi connectivity index (χ4n) is 2.94. The van der Waals surface area contributed by atoms with Gasteiger partial charge in [-0.1, -0.05) is 13.8 Å². The lowest BCUT2D eigenvalue weighted by atomic mass is 9.73. The average Bonchev–Trinajstić information content (AvgIpc) is 2.83. The summed E-state index contributed by atoms with van der Waals surface area (Å²) >= 11 is 0. The number of carbonyl (C=O) groups excluding carboxylic acids is 1. The van der Waals surface area contributed by atoms with Crippen molar-refractivity contribution < 1.29 is 14.6 Å². The van der Waals surface area contributed by atoms with Gasteiger partial charge >= 0.3 is 6.03 Å². The second-order valence-corrected chi connectivity index (χ2v) is 7.20. The Balaban J connectivity index is 1.61. The molecule has 2 fully saturated rings. The van der Waals surface area contributed by atoms with Crippen molar-refractivity contribution in [1.29, 1.82) is 0 Å². The number of urea groups is 1. The molecule has 2 rings (SSSR count). The fourth-order valence-corrected chi connectivity index (χ4v) is 2.94. The van der Waals surface area contributed by atoms with E-state index in [1.54, 1.807) is 0 Å². The van der Waals surface area contributed by atoms with Crippen molar-refractivity contribution in [2.75, 3.05) is 26.3 Å². The van der Waals surface area contributed by atoms with Crippen molar-refractivity contribution in [2.45, 2.75) is 51.6 Å². The van der Waals surface area contributed by atoms with Crippen molar-refractivity contribution in [3.63, 3.8) is 0 Å². The summed E-state index contributed by atoms with van der Waals surface area (Å²) in [6, 6.07) is -0.185. The molecule has 5 heteroatoms. The lowest BCUT2D eigenvalue weighted by molar-refractivity contribution is 0.0291. The Morgan fingerprint density at radius 2 is 1.95 bits per heavy atom. The fraction of sp³-hybridized carbons (Fsp3) is 0.933. The maximum Gasteiger partial charge on any atom is 0.314 e. The van der Waals surface area contributed by atoms with Gasteiger partial charge in [0.2, 0.25) is 0 Å². The number of aliphatic hydroxyl groups is 1. The van der Waals surface area contributed by atoms with E-state index in [2.05, 4.69) is 24.5 Å². The number of nitrogens with one attached hydrogen (secondary N) is 2. The zero-order valence-electron chi connectivity index (χ0n) is 12.7. The van der Waals surface area contributed by atoms with Gasteiger partial charge in [0, 0.05) is 19.6 Å². The van der Waals surface area contributed by atoms with Crippen LogP contribution in [0.25, 0.3) is 0 Å². The molecule has 2 amide bonds. The number of hydrogen-bond donors (Lipinski definition) is 3. The quantitative estimate of drug-likeness (QED) is 0.735. The molecule has 3 N–H and O–H groups in total. The summed E-state index contributed by atoms with van der Waals surface area (Å²) in [6.07, 6.45) is 5.43. The summed E-state index contributed by atoms with van der Waals surface area (Å²) < 4.78 is 5.15. The third kappa shape index (κ3) is 4.63. The smallest absolute Gasteiger partial charge is 0.314 e. The SMILES string of the molecule is CC1(C)CCC(CNC(=O)NC[C@@]2(O)CCOC2)CC1. The van der Waals surface area contributed by atoms with Crippen LogP contribution in [-0.4, -0.2) is 43.0 Å². The predicted molar refractivity (Wildman–Crippen MR) is 77.5 cm³/mol. The molecule has 116 valence electrons. The summed E-state index contributed by atoms with van der Waals surface area (Å²) in [5.74, 6) is 0.590. The lowest BCUT2D eigenvalue weighted by Gasteiger charge is -2.34. The molecular formula is C15H28N2O3. The highest BCUT2D eigenvalue weighted by Crippen LogP contribution is 2.37. The number of amides is 2. The van der Waals surface area contributed by atoms with Crippen LogP contribution in [0, 0.1) is 11.3 Å². The van der Waals surface area contributed by atoms with E-state index >= 15 is 0 Å². The molecule has 0 aromatic rings. The van der Waals surface area contributed by atoms with E-state index in [0.29, 0.717) is 31.0 Å². The number of carbonyl (C=O) groups is 1. The Morgan fingerprint density at radius 3 is 2.55 bits per heavy atom. The van der Waals surface area contributed by atoms with Crippen LogP contribution >= 0.6 is 0 Å². The van der Waals surface area contributed by atoms with Crippen LogP contribution in [-0.2, 0) is 4.74 Å². The Hall–Kier alpha value is -0.810. The van der Waals surface area contributed by atoms with Gasteiger partial charge in [-0.05, 0) is 37.0 Å². The van der Waals surface area contributed by atoms with Crippen molar-refractivity contribution in [3.05, 3.63) is 0 Å². The Morgan fingerprint density at radius 1 is 1.25 bits per heavy atom. The van der Waals surface area contributed by atoms with Crippen molar-refractivity contribution in [1.82, 2.24) is 10.6 Å². The molecule has 1 saturated heterocycles. The van der Waals surface area contributed by atoms with Crippen molar-refractivity contribution >= 4 is 6.03 Å². The first-order chi connectivity index (χ1) is 9.39.